The molecule has 7 heteroatoms. The van der Waals surface area contributed by atoms with Crippen LogP contribution in [0.5, 0.6) is 5.75 Å². The lowest BCUT2D eigenvalue weighted by Crippen LogP contribution is -2.42. The SMILES string of the molecule is CCOc1ccc(NS(=O)(=O)N2CCC(CO)CC2)cc1. The van der Waals surface area contributed by atoms with Crippen molar-refractivity contribution in [2.75, 3.05) is 31.0 Å². The molecule has 21 heavy (non-hydrogen) atoms. The van der Waals surface area contributed by atoms with Gasteiger partial charge in [-0.15, -0.1) is 0 Å². The Balaban J connectivity index is 1.97. The van der Waals surface area contributed by atoms with E-state index in [1.54, 1.807) is 24.3 Å². The summed E-state index contributed by atoms with van der Waals surface area (Å²) in [4.78, 5) is 0. The molecule has 0 unspecified atom stereocenters. The zero-order valence-electron chi connectivity index (χ0n) is 12.2. The fraction of sp³-hybridized carbons (Fsp3) is 0.571. The van der Waals surface area contributed by atoms with E-state index < -0.39 is 10.2 Å². The molecular formula is C14H22N2O4S. The first kappa shape index (κ1) is 16.1. The van der Waals surface area contributed by atoms with E-state index in [0.29, 0.717) is 44.0 Å². The molecule has 118 valence electrons. The van der Waals surface area contributed by atoms with Crippen LogP contribution < -0.4 is 9.46 Å². The highest BCUT2D eigenvalue weighted by atomic mass is 32.2. The first-order chi connectivity index (χ1) is 10.0. The number of nitrogens with one attached hydrogen (secondary N) is 1. The standard InChI is InChI=1S/C14H22N2O4S/c1-2-20-14-5-3-13(4-6-14)15-21(18,19)16-9-7-12(11-17)8-10-16/h3-6,12,15,17H,2,7-11H2,1H3. The van der Waals surface area contributed by atoms with Gasteiger partial charge >= 0.3 is 10.2 Å². The van der Waals surface area contributed by atoms with Crippen molar-refractivity contribution in [2.45, 2.75) is 19.8 Å². The fourth-order valence-corrected chi connectivity index (χ4v) is 3.59. The van der Waals surface area contributed by atoms with Crippen LogP contribution in [-0.2, 0) is 10.2 Å². The van der Waals surface area contributed by atoms with Crippen molar-refractivity contribution >= 4 is 15.9 Å². The lowest BCUT2D eigenvalue weighted by molar-refractivity contribution is 0.170. The predicted molar refractivity (Wildman–Crippen MR) is 81.5 cm³/mol. The molecule has 1 aromatic carbocycles. The predicted octanol–water partition coefficient (Wildman–Crippen LogP) is 1.45. The van der Waals surface area contributed by atoms with Gasteiger partial charge in [0.1, 0.15) is 5.75 Å². The van der Waals surface area contributed by atoms with Crippen molar-refractivity contribution < 1.29 is 18.3 Å². The van der Waals surface area contributed by atoms with E-state index in [9.17, 15) is 8.42 Å². The molecule has 1 aromatic rings. The summed E-state index contributed by atoms with van der Waals surface area (Å²) in [6.45, 7) is 3.48. The van der Waals surface area contributed by atoms with Crippen LogP contribution in [0, 0.1) is 5.92 Å². The minimum Gasteiger partial charge on any atom is -0.494 e. The zero-order valence-corrected chi connectivity index (χ0v) is 13.0. The molecule has 0 amide bonds. The lowest BCUT2D eigenvalue weighted by atomic mass is 10.00. The summed E-state index contributed by atoms with van der Waals surface area (Å²) in [6, 6.07) is 6.84. The van der Waals surface area contributed by atoms with E-state index in [-0.39, 0.29) is 12.5 Å². The van der Waals surface area contributed by atoms with E-state index in [2.05, 4.69) is 4.72 Å². The van der Waals surface area contributed by atoms with Crippen LogP contribution in [-0.4, -0.2) is 44.1 Å². The highest BCUT2D eigenvalue weighted by Gasteiger charge is 2.27. The summed E-state index contributed by atoms with van der Waals surface area (Å²) in [5.74, 6) is 0.922. The molecule has 2 N–H and O–H groups in total. The average Bonchev–Trinajstić information content (AvgIpc) is 2.49. The summed E-state index contributed by atoms with van der Waals surface area (Å²) in [7, 11) is -3.53. The number of anilines is 1. The van der Waals surface area contributed by atoms with Gasteiger partial charge < -0.3 is 9.84 Å². The minimum atomic E-state index is -3.53. The van der Waals surface area contributed by atoms with E-state index >= 15 is 0 Å². The van der Waals surface area contributed by atoms with Crippen molar-refractivity contribution in [3.8, 4) is 5.75 Å². The van der Waals surface area contributed by atoms with Gasteiger partial charge in [-0.3, -0.25) is 4.72 Å². The molecule has 0 aromatic heterocycles. The summed E-state index contributed by atoms with van der Waals surface area (Å²) >= 11 is 0. The third-order valence-electron chi connectivity index (χ3n) is 3.58. The number of hydrogen-bond donors (Lipinski definition) is 2. The maximum Gasteiger partial charge on any atom is 0.301 e. The first-order valence-electron chi connectivity index (χ1n) is 7.16. The van der Waals surface area contributed by atoms with Gasteiger partial charge in [0, 0.05) is 19.7 Å². The van der Waals surface area contributed by atoms with E-state index in [1.165, 1.54) is 4.31 Å². The molecule has 6 nitrogen and oxygen atoms in total. The topological polar surface area (TPSA) is 78.9 Å². The summed E-state index contributed by atoms with van der Waals surface area (Å²) in [6.07, 6.45) is 1.39. The molecular weight excluding hydrogens is 292 g/mol. The second-order valence-electron chi connectivity index (χ2n) is 5.09. The normalized spacial score (nSPS) is 17.6. The number of ether oxygens (including phenoxy) is 1. The zero-order chi connectivity index (χ0) is 15.3. The average molecular weight is 314 g/mol. The largest absolute Gasteiger partial charge is 0.494 e. The molecule has 1 fully saturated rings. The molecule has 1 heterocycles. The Morgan fingerprint density at radius 1 is 1.29 bits per heavy atom. The highest BCUT2D eigenvalue weighted by Crippen LogP contribution is 2.21. The van der Waals surface area contributed by atoms with Crippen LogP contribution in [0.25, 0.3) is 0 Å². The Bertz CT molecular complexity index is 537. The van der Waals surface area contributed by atoms with Gasteiger partial charge in [0.15, 0.2) is 0 Å². The van der Waals surface area contributed by atoms with Crippen molar-refractivity contribution in [1.29, 1.82) is 0 Å². The van der Waals surface area contributed by atoms with Crippen molar-refractivity contribution in [3.63, 3.8) is 0 Å². The fourth-order valence-electron chi connectivity index (χ4n) is 2.33. The van der Waals surface area contributed by atoms with Crippen LogP contribution in [0.3, 0.4) is 0 Å². The third kappa shape index (κ3) is 4.33. The van der Waals surface area contributed by atoms with Crippen LogP contribution in [0.4, 0.5) is 5.69 Å². The second kappa shape index (κ2) is 7.11. The molecule has 0 spiro atoms. The number of rotatable bonds is 6. The number of hydrogen-bond acceptors (Lipinski definition) is 4. The number of aliphatic hydroxyl groups is 1. The van der Waals surface area contributed by atoms with Gasteiger partial charge in [-0.2, -0.15) is 12.7 Å². The summed E-state index contributed by atoms with van der Waals surface area (Å²) < 4.78 is 33.9. The van der Waals surface area contributed by atoms with Crippen molar-refractivity contribution in [3.05, 3.63) is 24.3 Å². The van der Waals surface area contributed by atoms with Crippen LogP contribution >= 0.6 is 0 Å². The molecule has 0 atom stereocenters. The molecule has 1 saturated heterocycles. The van der Waals surface area contributed by atoms with Crippen LogP contribution in [0.15, 0.2) is 24.3 Å². The van der Waals surface area contributed by atoms with Gasteiger partial charge in [-0.1, -0.05) is 0 Å². The Morgan fingerprint density at radius 3 is 2.43 bits per heavy atom. The van der Waals surface area contributed by atoms with Crippen molar-refractivity contribution in [2.24, 2.45) is 5.92 Å². The Morgan fingerprint density at radius 2 is 1.90 bits per heavy atom. The molecule has 0 saturated carbocycles. The Labute approximate surface area is 125 Å². The Kier molecular flexibility index (Phi) is 5.44. The molecule has 0 bridgehead atoms. The smallest absolute Gasteiger partial charge is 0.301 e. The maximum absolute atomic E-state index is 12.3. The maximum atomic E-state index is 12.3. The van der Waals surface area contributed by atoms with Crippen molar-refractivity contribution in [1.82, 2.24) is 4.31 Å². The molecule has 0 radical (unpaired) electrons. The second-order valence-corrected chi connectivity index (χ2v) is 6.76. The van der Waals surface area contributed by atoms with Gasteiger partial charge in [0.05, 0.1) is 12.3 Å². The van der Waals surface area contributed by atoms with Gasteiger partial charge in [-0.05, 0) is 49.9 Å². The molecule has 2 rings (SSSR count). The quantitative estimate of drug-likeness (QED) is 0.833. The van der Waals surface area contributed by atoms with Crippen LogP contribution in [0.2, 0.25) is 0 Å². The molecule has 1 aliphatic rings. The lowest BCUT2D eigenvalue weighted by Gasteiger charge is -2.30. The van der Waals surface area contributed by atoms with E-state index in [4.69, 9.17) is 9.84 Å². The monoisotopic (exact) mass is 314 g/mol. The van der Waals surface area contributed by atoms with Gasteiger partial charge in [-0.25, -0.2) is 0 Å². The summed E-state index contributed by atoms with van der Waals surface area (Å²) in [5.41, 5.74) is 0.516. The number of benzene rings is 1. The summed E-state index contributed by atoms with van der Waals surface area (Å²) in [5, 5.41) is 9.09. The molecule has 0 aliphatic carbocycles. The highest BCUT2D eigenvalue weighted by molar-refractivity contribution is 7.90. The van der Waals surface area contributed by atoms with E-state index in [1.807, 2.05) is 6.92 Å². The molecule has 1 aliphatic heterocycles. The van der Waals surface area contributed by atoms with Gasteiger partial charge in [0.25, 0.3) is 0 Å². The van der Waals surface area contributed by atoms with Crippen LogP contribution in [0.1, 0.15) is 19.8 Å². The third-order valence-corrected chi connectivity index (χ3v) is 5.12. The number of nitrogens with zero attached hydrogens (tertiary/aromatic N) is 1. The van der Waals surface area contributed by atoms with E-state index in [0.717, 1.165) is 0 Å². The Hall–Kier alpha value is -1.31. The number of piperidine rings is 1. The van der Waals surface area contributed by atoms with Gasteiger partial charge in [0.2, 0.25) is 0 Å². The minimum absolute atomic E-state index is 0.125. The number of aliphatic hydroxyl groups excluding tert-OH is 1. The first-order valence-corrected chi connectivity index (χ1v) is 8.60.